The Morgan fingerprint density at radius 2 is 0.349 bits per heavy atom. The number of hydrogen-bond acceptors (Lipinski definition) is 26. The van der Waals surface area contributed by atoms with Gasteiger partial charge in [0.2, 0.25) is 0 Å². The Morgan fingerprint density at radius 3 is 0.558 bits per heavy atom. The SMILES string of the molecule is CC(C)CCOCCOCCCC(=O)O.CC(C)COCCOCCOCCCC(=O)O.CC(C)OCCOCCOCCCC(=O)O.CCCCCCCCCCOCCCC(=O)O.CCCCCCCCCOCCCC(=O)O.CCCCCCOCCOCCCC(=O)O.CCCCOCCOCCOCCCC(=O)O.CCOCCOCCOCCCC(=O)O. The molecule has 0 atom stereocenters. The maximum atomic E-state index is 10.2. The van der Waals surface area contributed by atoms with E-state index in [0.717, 1.165) is 78.2 Å². The molecule has 0 aliphatic carbocycles. The van der Waals surface area contributed by atoms with Crippen LogP contribution in [0, 0.1) is 11.8 Å². The zero-order valence-electron chi connectivity index (χ0n) is 82.5. The van der Waals surface area contributed by atoms with Crippen LogP contribution < -0.4 is 0 Å². The zero-order chi connectivity index (χ0) is 97.7. The molecule has 0 bridgehead atoms. The van der Waals surface area contributed by atoms with Gasteiger partial charge >= 0.3 is 47.8 Å². The molecule has 0 saturated carbocycles. The van der Waals surface area contributed by atoms with Gasteiger partial charge in [0.15, 0.2) is 0 Å². The lowest BCUT2D eigenvalue weighted by Gasteiger charge is -2.08. The van der Waals surface area contributed by atoms with Gasteiger partial charge in [-0.05, 0) is 116 Å². The van der Waals surface area contributed by atoms with Crippen LogP contribution in [0.25, 0.3) is 0 Å². The summed E-state index contributed by atoms with van der Waals surface area (Å²) in [6.07, 6.45) is 33.9. The van der Waals surface area contributed by atoms with Crippen molar-refractivity contribution in [2.45, 2.75) is 326 Å². The first kappa shape index (κ1) is 139. The topological polar surface area (TPSA) is 465 Å². The fourth-order valence-corrected chi connectivity index (χ4v) is 9.70. The molecule has 0 aromatic heterocycles. The van der Waals surface area contributed by atoms with Crippen molar-refractivity contribution in [3.05, 3.63) is 0 Å². The van der Waals surface area contributed by atoms with Crippen LogP contribution in [0.1, 0.15) is 320 Å². The highest BCUT2D eigenvalue weighted by atomic mass is 16.6. The molecule has 0 fully saturated rings. The van der Waals surface area contributed by atoms with Crippen molar-refractivity contribution in [2.24, 2.45) is 11.8 Å². The highest BCUT2D eigenvalue weighted by Crippen LogP contribution is 2.10. The molecule has 129 heavy (non-hydrogen) atoms. The standard InChI is InChI=1S/C14H28O3.C13H26O3.2C12H24O5.C12H24O4.C11H22O5.C11H22O4.C10H20O5/c1-2-3-4-5-6-7-8-9-12-17-13-10-11-14(15)16;1-2-3-4-5-6-7-8-11-16-12-9-10-13(14)15;1-11(2)10-17-9-8-16-7-6-15-5-3-4-12(13)14;1-2-3-6-15-8-10-17-11-9-16-7-4-5-12(13)14;1-2-3-4-5-8-15-10-11-16-9-6-7-12(13)14;1-10(2)16-9-8-15-7-6-14-5-3-4-11(12)13;1-10(2)5-7-15-9-8-14-6-3-4-11(12)13;1-2-13-6-7-15-9-8-14-5-3-4-10(11)12/h2-13H2,1H3,(H,15,16);2-12H2,1H3,(H,14,15);11H,3-10H2,1-2H3,(H,13,14);2-11H2,1H3,(H,13,14);2-11H2,1H3,(H,13,14);10H,3-9H2,1-2H3,(H,12,13);10H,3-9H2,1-2H3,(H,12,13);2-9H2,1H3,(H,11,12). The predicted octanol–water partition coefficient (Wildman–Crippen LogP) is 17.5. The Hall–Kier alpha value is -4.96. The Kier molecular flexibility index (Phi) is 140. The normalized spacial score (nSPS) is 10.7. The molecule has 0 rings (SSSR count). The van der Waals surface area contributed by atoms with Crippen molar-refractivity contribution in [1.82, 2.24) is 0 Å². The number of carbonyl (C=O) groups is 8. The van der Waals surface area contributed by atoms with Crippen molar-refractivity contribution in [3.63, 3.8) is 0 Å². The van der Waals surface area contributed by atoms with Crippen LogP contribution in [0.2, 0.25) is 0 Å². The van der Waals surface area contributed by atoms with Crippen LogP contribution in [0.4, 0.5) is 0 Å². The third-order valence-corrected chi connectivity index (χ3v) is 16.8. The minimum absolute atomic E-state index is 0.156. The molecule has 0 heterocycles. The highest BCUT2D eigenvalue weighted by Gasteiger charge is 2.06. The fraction of sp³-hybridized carbons (Fsp3) is 0.916. The minimum atomic E-state index is -0.786. The number of unbranched alkanes of at least 4 members (excludes halogenated alkanes) is 17. The number of hydrogen-bond donors (Lipinski definition) is 8. The van der Waals surface area contributed by atoms with Crippen molar-refractivity contribution >= 4 is 47.8 Å². The van der Waals surface area contributed by atoms with Gasteiger partial charge in [-0.2, -0.15) is 0 Å². The molecule has 0 aliphatic rings. The molecule has 0 aliphatic heterocycles. The van der Waals surface area contributed by atoms with E-state index >= 15 is 0 Å². The minimum Gasteiger partial charge on any atom is -0.481 e. The van der Waals surface area contributed by atoms with Crippen molar-refractivity contribution < 1.29 is 164 Å². The highest BCUT2D eigenvalue weighted by molar-refractivity contribution is 5.68. The summed E-state index contributed by atoms with van der Waals surface area (Å²) in [5.41, 5.74) is 0. The fourth-order valence-electron chi connectivity index (χ4n) is 9.70. The van der Waals surface area contributed by atoms with Crippen molar-refractivity contribution in [1.29, 1.82) is 0 Å². The van der Waals surface area contributed by atoms with E-state index in [4.69, 9.17) is 126 Å². The number of rotatable bonds is 94. The number of aliphatic carboxylic acids is 8. The number of carboxylic acid groups (broad SMARTS) is 8. The first-order valence-corrected chi connectivity index (χ1v) is 48.4. The molecule has 34 heteroatoms. The third-order valence-electron chi connectivity index (χ3n) is 16.8. The Morgan fingerprint density at radius 1 is 0.178 bits per heavy atom. The van der Waals surface area contributed by atoms with E-state index in [9.17, 15) is 38.4 Å². The number of carboxylic acids is 8. The van der Waals surface area contributed by atoms with Crippen molar-refractivity contribution in [2.75, 3.05) is 231 Å². The van der Waals surface area contributed by atoms with Gasteiger partial charge in [0.25, 0.3) is 0 Å². The van der Waals surface area contributed by atoms with Gasteiger partial charge in [-0.3, -0.25) is 38.4 Å². The molecular weight excluding hydrogens is 1690 g/mol. The molecule has 0 unspecified atom stereocenters. The lowest BCUT2D eigenvalue weighted by atomic mass is 10.1. The van der Waals surface area contributed by atoms with Crippen molar-refractivity contribution in [3.8, 4) is 0 Å². The van der Waals surface area contributed by atoms with Gasteiger partial charge in [-0.25, -0.2) is 0 Å². The first-order chi connectivity index (χ1) is 62.2. The molecule has 774 valence electrons. The van der Waals surface area contributed by atoms with E-state index in [1.54, 1.807) is 0 Å². The Balaban J connectivity index is -0.000000216. The van der Waals surface area contributed by atoms with Gasteiger partial charge in [0.05, 0.1) is 138 Å². The summed E-state index contributed by atoms with van der Waals surface area (Å²) in [7, 11) is 0. The van der Waals surface area contributed by atoms with E-state index in [-0.39, 0.29) is 57.5 Å². The molecule has 0 radical (unpaired) electrons. The van der Waals surface area contributed by atoms with Crippen LogP contribution >= 0.6 is 0 Å². The largest absolute Gasteiger partial charge is 0.481 e. The smallest absolute Gasteiger partial charge is 0.303 e. The van der Waals surface area contributed by atoms with E-state index in [1.165, 1.54) is 103 Å². The molecule has 0 amide bonds. The summed E-state index contributed by atoms with van der Waals surface area (Å²) in [6.45, 7) is 43.9. The van der Waals surface area contributed by atoms with Crippen LogP contribution in [-0.4, -0.2) is 326 Å². The molecular formula is C95H190O34. The molecule has 34 nitrogen and oxygen atoms in total. The summed E-state index contributed by atoms with van der Waals surface area (Å²) in [5.74, 6) is -4.93. The second-order valence-electron chi connectivity index (χ2n) is 30.9. The average Bonchev–Trinajstić information content (AvgIpc) is 1.12. The van der Waals surface area contributed by atoms with E-state index in [2.05, 4.69) is 55.4 Å². The van der Waals surface area contributed by atoms with Gasteiger partial charge in [0, 0.05) is 150 Å². The third kappa shape index (κ3) is 180. The van der Waals surface area contributed by atoms with Crippen LogP contribution in [0.15, 0.2) is 0 Å². The number of ether oxygens (including phenoxy) is 18. The zero-order valence-corrected chi connectivity index (χ0v) is 82.5. The monoisotopic (exact) mass is 1880 g/mol. The van der Waals surface area contributed by atoms with E-state index in [0.29, 0.717) is 255 Å². The van der Waals surface area contributed by atoms with Gasteiger partial charge < -0.3 is 126 Å². The van der Waals surface area contributed by atoms with Gasteiger partial charge in [-0.15, -0.1) is 0 Å². The molecule has 8 N–H and O–H groups in total. The molecule has 0 spiro atoms. The lowest BCUT2D eigenvalue weighted by molar-refractivity contribution is -0.138. The summed E-state index contributed by atoms with van der Waals surface area (Å²) in [5, 5.41) is 67.0. The average molecular weight is 1880 g/mol. The Labute approximate surface area is 778 Å². The van der Waals surface area contributed by atoms with Gasteiger partial charge in [-0.1, -0.05) is 165 Å². The maximum absolute atomic E-state index is 10.2. The van der Waals surface area contributed by atoms with Crippen LogP contribution in [-0.2, 0) is 124 Å². The quantitative estimate of drug-likeness (QED) is 0.0262. The Bertz CT molecular complexity index is 2130. The maximum Gasteiger partial charge on any atom is 0.303 e. The summed E-state index contributed by atoms with van der Waals surface area (Å²) in [6, 6.07) is 0. The summed E-state index contributed by atoms with van der Waals surface area (Å²) in [4.78, 5) is 81.5. The second kappa shape index (κ2) is 129. The van der Waals surface area contributed by atoms with Gasteiger partial charge in [0.1, 0.15) is 0 Å². The lowest BCUT2D eigenvalue weighted by Crippen LogP contribution is -2.12. The van der Waals surface area contributed by atoms with E-state index < -0.39 is 47.8 Å². The van der Waals surface area contributed by atoms with Crippen LogP contribution in [0.3, 0.4) is 0 Å². The summed E-state index contributed by atoms with van der Waals surface area (Å²) < 4.78 is 94.6. The van der Waals surface area contributed by atoms with E-state index in [1.807, 2.05) is 20.8 Å². The molecule has 0 aromatic carbocycles. The summed E-state index contributed by atoms with van der Waals surface area (Å²) >= 11 is 0. The second-order valence-corrected chi connectivity index (χ2v) is 30.9. The molecule has 0 saturated heterocycles. The predicted molar refractivity (Wildman–Crippen MR) is 500 cm³/mol. The molecule has 0 aromatic rings. The van der Waals surface area contributed by atoms with Crippen LogP contribution in [0.5, 0.6) is 0 Å². The first-order valence-electron chi connectivity index (χ1n) is 48.4.